The summed E-state index contributed by atoms with van der Waals surface area (Å²) in [4.78, 5) is 3.24. The highest BCUT2D eigenvalue weighted by Crippen LogP contribution is 2.13. The van der Waals surface area contributed by atoms with Crippen molar-refractivity contribution in [2.75, 3.05) is 0 Å². The lowest BCUT2D eigenvalue weighted by Crippen LogP contribution is -1.93. The van der Waals surface area contributed by atoms with Gasteiger partial charge in [-0.1, -0.05) is 31.2 Å². The molecule has 1 N–H and O–H groups in total. The molecular formula is C13H15N. The third kappa shape index (κ3) is 1.87. The molecule has 0 saturated carbocycles. The van der Waals surface area contributed by atoms with Crippen LogP contribution in [0.2, 0.25) is 0 Å². The lowest BCUT2D eigenvalue weighted by atomic mass is 10.0. The van der Waals surface area contributed by atoms with E-state index in [1.807, 2.05) is 12.3 Å². The molecule has 0 aliphatic heterocycles. The third-order valence-corrected chi connectivity index (χ3v) is 2.54. The van der Waals surface area contributed by atoms with E-state index in [9.17, 15) is 0 Å². The van der Waals surface area contributed by atoms with E-state index in [2.05, 4.69) is 42.2 Å². The molecule has 72 valence electrons. The first-order valence-corrected chi connectivity index (χ1v) is 5.09. The monoisotopic (exact) mass is 185 g/mol. The number of aromatic amines is 1. The molecule has 0 atom stereocenters. The van der Waals surface area contributed by atoms with Crippen LogP contribution in [0.25, 0.3) is 0 Å². The van der Waals surface area contributed by atoms with Gasteiger partial charge in [0.1, 0.15) is 0 Å². The van der Waals surface area contributed by atoms with E-state index in [4.69, 9.17) is 0 Å². The Labute approximate surface area is 84.8 Å². The molecule has 0 unspecified atom stereocenters. The van der Waals surface area contributed by atoms with Gasteiger partial charge >= 0.3 is 0 Å². The first-order valence-electron chi connectivity index (χ1n) is 5.09. The summed E-state index contributed by atoms with van der Waals surface area (Å²) in [6, 6.07) is 12.8. The maximum Gasteiger partial charge on any atom is 0.0191 e. The molecule has 0 spiro atoms. The summed E-state index contributed by atoms with van der Waals surface area (Å²) in [6.45, 7) is 2.20. The van der Waals surface area contributed by atoms with Crippen LogP contribution in [-0.2, 0) is 12.8 Å². The van der Waals surface area contributed by atoms with Crippen LogP contribution < -0.4 is 0 Å². The molecule has 14 heavy (non-hydrogen) atoms. The van der Waals surface area contributed by atoms with Crippen molar-refractivity contribution in [2.24, 2.45) is 0 Å². The van der Waals surface area contributed by atoms with E-state index in [1.54, 1.807) is 0 Å². The van der Waals surface area contributed by atoms with Gasteiger partial charge in [0.25, 0.3) is 0 Å². The zero-order valence-electron chi connectivity index (χ0n) is 8.46. The van der Waals surface area contributed by atoms with E-state index >= 15 is 0 Å². The van der Waals surface area contributed by atoms with Gasteiger partial charge in [-0.25, -0.2) is 0 Å². The molecule has 0 bridgehead atoms. The van der Waals surface area contributed by atoms with E-state index in [1.165, 1.54) is 16.8 Å². The van der Waals surface area contributed by atoms with Crippen molar-refractivity contribution >= 4 is 0 Å². The zero-order valence-corrected chi connectivity index (χ0v) is 8.46. The minimum Gasteiger partial charge on any atom is -0.365 e. The fourth-order valence-corrected chi connectivity index (χ4v) is 1.76. The lowest BCUT2D eigenvalue weighted by molar-refractivity contribution is 1.03. The SMILES string of the molecule is CCc1ccccc1Cc1ccc[nH]1. The quantitative estimate of drug-likeness (QED) is 0.756. The Bertz CT molecular complexity index is 387. The molecule has 0 aliphatic rings. The van der Waals surface area contributed by atoms with Gasteiger partial charge in [-0.15, -0.1) is 0 Å². The van der Waals surface area contributed by atoms with Crippen LogP contribution in [0.3, 0.4) is 0 Å². The normalized spacial score (nSPS) is 10.4. The Morgan fingerprint density at radius 3 is 2.43 bits per heavy atom. The van der Waals surface area contributed by atoms with Crippen LogP contribution in [0.5, 0.6) is 0 Å². The predicted molar refractivity (Wildman–Crippen MR) is 59.4 cm³/mol. The van der Waals surface area contributed by atoms with Gasteiger partial charge in [0.15, 0.2) is 0 Å². The molecule has 1 heteroatoms. The van der Waals surface area contributed by atoms with Crippen molar-refractivity contribution in [1.82, 2.24) is 4.98 Å². The Hall–Kier alpha value is -1.50. The van der Waals surface area contributed by atoms with Crippen LogP contribution in [0.4, 0.5) is 0 Å². The molecule has 2 aromatic rings. The summed E-state index contributed by atoms with van der Waals surface area (Å²) < 4.78 is 0. The largest absolute Gasteiger partial charge is 0.365 e. The summed E-state index contributed by atoms with van der Waals surface area (Å²) in [6.07, 6.45) is 4.10. The number of nitrogens with one attached hydrogen (secondary N) is 1. The Kier molecular flexibility index (Phi) is 2.68. The Morgan fingerprint density at radius 1 is 1.00 bits per heavy atom. The van der Waals surface area contributed by atoms with Crippen LogP contribution in [0.1, 0.15) is 23.7 Å². The zero-order chi connectivity index (χ0) is 9.80. The minimum absolute atomic E-state index is 1.01. The predicted octanol–water partition coefficient (Wildman–Crippen LogP) is 3.17. The molecular weight excluding hydrogens is 170 g/mol. The molecule has 2 rings (SSSR count). The maximum atomic E-state index is 3.24. The van der Waals surface area contributed by atoms with E-state index in [0.717, 1.165) is 12.8 Å². The van der Waals surface area contributed by atoms with Gasteiger partial charge in [0.05, 0.1) is 0 Å². The van der Waals surface area contributed by atoms with Gasteiger partial charge in [0, 0.05) is 18.3 Å². The van der Waals surface area contributed by atoms with Crippen LogP contribution in [0, 0.1) is 0 Å². The Balaban J connectivity index is 2.24. The molecule has 0 radical (unpaired) electrons. The summed E-state index contributed by atoms with van der Waals surface area (Å²) in [5.74, 6) is 0. The highest BCUT2D eigenvalue weighted by molar-refractivity contribution is 5.30. The van der Waals surface area contributed by atoms with Crippen molar-refractivity contribution in [3.05, 3.63) is 59.4 Å². The second-order valence-corrected chi connectivity index (χ2v) is 3.49. The summed E-state index contributed by atoms with van der Waals surface area (Å²) >= 11 is 0. The van der Waals surface area contributed by atoms with Crippen LogP contribution >= 0.6 is 0 Å². The molecule has 1 aromatic heterocycles. The van der Waals surface area contributed by atoms with Crippen molar-refractivity contribution in [1.29, 1.82) is 0 Å². The second-order valence-electron chi connectivity index (χ2n) is 3.49. The van der Waals surface area contributed by atoms with Gasteiger partial charge in [0.2, 0.25) is 0 Å². The fourth-order valence-electron chi connectivity index (χ4n) is 1.76. The molecule has 0 saturated heterocycles. The third-order valence-electron chi connectivity index (χ3n) is 2.54. The highest BCUT2D eigenvalue weighted by Gasteiger charge is 2.00. The van der Waals surface area contributed by atoms with Crippen molar-refractivity contribution in [3.63, 3.8) is 0 Å². The maximum absolute atomic E-state index is 3.24. The fraction of sp³-hybridized carbons (Fsp3) is 0.231. The van der Waals surface area contributed by atoms with Crippen molar-refractivity contribution in [2.45, 2.75) is 19.8 Å². The van der Waals surface area contributed by atoms with Gasteiger partial charge in [-0.3, -0.25) is 0 Å². The Morgan fingerprint density at radius 2 is 1.79 bits per heavy atom. The van der Waals surface area contributed by atoms with E-state index in [-0.39, 0.29) is 0 Å². The smallest absolute Gasteiger partial charge is 0.0191 e. The molecule has 1 aromatic carbocycles. The summed E-state index contributed by atoms with van der Waals surface area (Å²) in [5, 5.41) is 0. The standard InChI is InChI=1S/C13H15N/c1-2-11-6-3-4-7-12(11)10-13-8-5-9-14-13/h3-9,14H,2,10H2,1H3. The number of aromatic nitrogens is 1. The number of aryl methyl sites for hydroxylation is 1. The number of H-pyrrole nitrogens is 1. The first kappa shape index (κ1) is 9.07. The van der Waals surface area contributed by atoms with Crippen molar-refractivity contribution < 1.29 is 0 Å². The number of hydrogen-bond donors (Lipinski definition) is 1. The van der Waals surface area contributed by atoms with E-state index in [0.29, 0.717) is 0 Å². The average molecular weight is 185 g/mol. The second kappa shape index (κ2) is 4.14. The summed E-state index contributed by atoms with van der Waals surface area (Å²) in [7, 11) is 0. The number of benzene rings is 1. The first-order chi connectivity index (χ1) is 6.90. The molecule has 1 heterocycles. The molecule has 1 nitrogen and oxygen atoms in total. The lowest BCUT2D eigenvalue weighted by Gasteiger charge is -2.05. The van der Waals surface area contributed by atoms with Gasteiger partial charge in [-0.2, -0.15) is 0 Å². The average Bonchev–Trinajstić information content (AvgIpc) is 2.71. The minimum atomic E-state index is 1.01. The van der Waals surface area contributed by atoms with E-state index < -0.39 is 0 Å². The molecule has 0 amide bonds. The number of rotatable bonds is 3. The molecule has 0 aliphatic carbocycles. The topological polar surface area (TPSA) is 15.8 Å². The number of hydrogen-bond acceptors (Lipinski definition) is 0. The van der Waals surface area contributed by atoms with Gasteiger partial charge < -0.3 is 4.98 Å². The molecule has 0 fully saturated rings. The van der Waals surface area contributed by atoms with Gasteiger partial charge in [-0.05, 0) is 29.7 Å². The highest BCUT2D eigenvalue weighted by atomic mass is 14.7. The summed E-state index contributed by atoms with van der Waals surface area (Å²) in [5.41, 5.74) is 4.16. The van der Waals surface area contributed by atoms with Crippen molar-refractivity contribution in [3.8, 4) is 0 Å². The van der Waals surface area contributed by atoms with Crippen LogP contribution in [0.15, 0.2) is 42.6 Å². The van der Waals surface area contributed by atoms with Crippen LogP contribution in [-0.4, -0.2) is 4.98 Å².